The normalized spacial score (nSPS) is 10.8. The van der Waals surface area contributed by atoms with E-state index in [1.807, 2.05) is 12.1 Å². The summed E-state index contributed by atoms with van der Waals surface area (Å²) in [4.78, 5) is 5.22. The van der Waals surface area contributed by atoms with Crippen LogP contribution in [0, 0.1) is 0 Å². The van der Waals surface area contributed by atoms with E-state index in [9.17, 15) is 5.11 Å². The van der Waals surface area contributed by atoms with Gasteiger partial charge in [0.25, 0.3) is 5.89 Å². The summed E-state index contributed by atoms with van der Waals surface area (Å²) in [6, 6.07) is 8.57. The quantitative estimate of drug-likeness (QED) is 0.729. The van der Waals surface area contributed by atoms with Gasteiger partial charge >= 0.3 is 0 Å². The number of halogens is 2. The first-order chi connectivity index (χ1) is 9.13. The van der Waals surface area contributed by atoms with E-state index in [1.54, 1.807) is 12.1 Å². The molecule has 0 fully saturated rings. The molecule has 7 heteroatoms. The molecule has 0 aliphatic carbocycles. The third-order valence-electron chi connectivity index (χ3n) is 2.41. The van der Waals surface area contributed by atoms with E-state index in [0.29, 0.717) is 17.3 Å². The minimum Gasteiger partial charge on any atom is -0.506 e. The van der Waals surface area contributed by atoms with Crippen molar-refractivity contribution in [2.24, 2.45) is 0 Å². The van der Waals surface area contributed by atoms with Crippen LogP contribution in [-0.4, -0.2) is 15.2 Å². The van der Waals surface area contributed by atoms with Crippen molar-refractivity contribution in [1.82, 2.24) is 10.1 Å². The molecular weight excluding hydrogens is 352 g/mol. The molecule has 0 atom stereocenters. The number of aromatic nitrogens is 2. The van der Waals surface area contributed by atoms with Crippen LogP contribution in [0.3, 0.4) is 0 Å². The maximum absolute atomic E-state index is 9.37. The van der Waals surface area contributed by atoms with Crippen LogP contribution >= 0.6 is 38.9 Å². The molecule has 96 valence electrons. The first-order valence-corrected chi connectivity index (χ1v) is 7.20. The van der Waals surface area contributed by atoms with Crippen LogP contribution in [0.2, 0.25) is 5.02 Å². The molecule has 0 unspecified atom stereocenters. The summed E-state index contributed by atoms with van der Waals surface area (Å²) in [7, 11) is 0. The fourth-order valence-corrected chi connectivity index (χ4v) is 3.01. The van der Waals surface area contributed by atoms with Gasteiger partial charge in [0.15, 0.2) is 0 Å². The number of phenols is 1. The molecule has 1 aromatic carbocycles. The Hall–Kier alpha value is -1.37. The van der Waals surface area contributed by atoms with Crippen LogP contribution in [0.4, 0.5) is 0 Å². The Morgan fingerprint density at radius 3 is 2.79 bits per heavy atom. The van der Waals surface area contributed by atoms with Crippen molar-refractivity contribution in [2.45, 2.75) is 0 Å². The number of thiophene rings is 1. The van der Waals surface area contributed by atoms with Crippen molar-refractivity contribution in [1.29, 1.82) is 0 Å². The summed E-state index contributed by atoms with van der Waals surface area (Å²) in [6.07, 6.45) is 0. The van der Waals surface area contributed by atoms with Gasteiger partial charge in [-0.25, -0.2) is 0 Å². The first-order valence-electron chi connectivity index (χ1n) is 5.22. The number of nitrogens with zero attached hydrogens (tertiary/aromatic N) is 2. The molecule has 0 amide bonds. The third-order valence-corrected chi connectivity index (χ3v) is 4.34. The average Bonchev–Trinajstić information content (AvgIpc) is 3.01. The van der Waals surface area contributed by atoms with Gasteiger partial charge in [0, 0.05) is 5.56 Å². The van der Waals surface area contributed by atoms with Gasteiger partial charge in [-0.05, 0) is 46.3 Å². The SMILES string of the molecule is Oc1ccc(-c2nc(-c3ccc(Br)s3)no2)cc1Cl. The Morgan fingerprint density at radius 1 is 1.26 bits per heavy atom. The molecular formula is C12H6BrClN2O2S. The number of hydrogen-bond acceptors (Lipinski definition) is 5. The summed E-state index contributed by atoms with van der Waals surface area (Å²) in [5, 5.41) is 13.5. The second-order valence-electron chi connectivity index (χ2n) is 3.69. The van der Waals surface area contributed by atoms with Crippen molar-refractivity contribution >= 4 is 38.9 Å². The Labute approximate surface area is 125 Å². The Kier molecular flexibility index (Phi) is 3.30. The third kappa shape index (κ3) is 2.51. The van der Waals surface area contributed by atoms with Crippen molar-refractivity contribution in [2.75, 3.05) is 0 Å². The smallest absolute Gasteiger partial charge is 0.258 e. The summed E-state index contributed by atoms with van der Waals surface area (Å²) >= 11 is 10.8. The minimum atomic E-state index is 0.0207. The monoisotopic (exact) mass is 356 g/mol. The highest BCUT2D eigenvalue weighted by atomic mass is 79.9. The molecule has 2 heterocycles. The van der Waals surface area contributed by atoms with Crippen molar-refractivity contribution in [3.05, 3.63) is 39.1 Å². The number of hydrogen-bond donors (Lipinski definition) is 1. The van der Waals surface area contributed by atoms with Crippen LogP contribution < -0.4 is 0 Å². The Balaban J connectivity index is 1.98. The molecule has 0 spiro atoms. The van der Waals surface area contributed by atoms with Gasteiger partial charge in [-0.2, -0.15) is 4.98 Å². The summed E-state index contributed by atoms with van der Waals surface area (Å²) in [6.45, 7) is 0. The maximum atomic E-state index is 9.37. The zero-order chi connectivity index (χ0) is 13.4. The lowest BCUT2D eigenvalue weighted by Crippen LogP contribution is -1.79. The molecule has 4 nitrogen and oxygen atoms in total. The number of benzene rings is 1. The summed E-state index contributed by atoms with van der Waals surface area (Å²) in [5.74, 6) is 0.906. The summed E-state index contributed by atoms with van der Waals surface area (Å²) in [5.41, 5.74) is 0.664. The Morgan fingerprint density at radius 2 is 2.11 bits per heavy atom. The van der Waals surface area contributed by atoms with Crippen molar-refractivity contribution < 1.29 is 9.63 Å². The lowest BCUT2D eigenvalue weighted by Gasteiger charge is -1.97. The van der Waals surface area contributed by atoms with Gasteiger partial charge in [0.05, 0.1) is 13.7 Å². The standard InChI is InChI=1S/C12H6BrClN2O2S/c13-10-4-3-9(19-10)11-15-12(18-16-11)6-1-2-8(17)7(14)5-6/h1-5,17H. The molecule has 0 saturated carbocycles. The van der Waals surface area contributed by atoms with Gasteiger partial charge in [-0.3, -0.25) is 0 Å². The van der Waals surface area contributed by atoms with Gasteiger partial charge in [-0.1, -0.05) is 16.8 Å². The highest BCUT2D eigenvalue weighted by Gasteiger charge is 2.13. The zero-order valence-electron chi connectivity index (χ0n) is 9.30. The van der Waals surface area contributed by atoms with E-state index in [2.05, 4.69) is 26.1 Å². The molecule has 0 aliphatic heterocycles. The fraction of sp³-hybridized carbons (Fsp3) is 0. The van der Waals surface area contributed by atoms with Gasteiger partial charge in [-0.15, -0.1) is 11.3 Å². The van der Waals surface area contributed by atoms with Crippen LogP contribution in [0.1, 0.15) is 0 Å². The highest BCUT2D eigenvalue weighted by molar-refractivity contribution is 9.11. The fourth-order valence-electron chi connectivity index (χ4n) is 1.52. The van der Waals surface area contributed by atoms with Gasteiger partial charge in [0.2, 0.25) is 5.82 Å². The van der Waals surface area contributed by atoms with E-state index < -0.39 is 0 Å². The first kappa shape index (κ1) is 12.7. The Bertz CT molecular complexity index is 741. The lowest BCUT2D eigenvalue weighted by molar-refractivity contribution is 0.432. The molecule has 3 rings (SSSR count). The highest BCUT2D eigenvalue weighted by Crippen LogP contribution is 2.32. The topological polar surface area (TPSA) is 59.2 Å². The van der Waals surface area contributed by atoms with E-state index in [0.717, 1.165) is 8.66 Å². The molecule has 2 aromatic heterocycles. The predicted molar refractivity (Wildman–Crippen MR) is 77.4 cm³/mol. The van der Waals surface area contributed by atoms with Crippen molar-refractivity contribution in [3.63, 3.8) is 0 Å². The minimum absolute atomic E-state index is 0.0207. The van der Waals surface area contributed by atoms with Crippen LogP contribution in [-0.2, 0) is 0 Å². The molecule has 3 aromatic rings. The second-order valence-corrected chi connectivity index (χ2v) is 6.56. The van der Waals surface area contributed by atoms with E-state index >= 15 is 0 Å². The molecule has 1 N–H and O–H groups in total. The molecule has 0 radical (unpaired) electrons. The van der Waals surface area contributed by atoms with E-state index in [1.165, 1.54) is 17.4 Å². The lowest BCUT2D eigenvalue weighted by atomic mass is 10.2. The van der Waals surface area contributed by atoms with Gasteiger partial charge < -0.3 is 9.63 Å². The van der Waals surface area contributed by atoms with E-state index in [-0.39, 0.29) is 10.8 Å². The molecule has 19 heavy (non-hydrogen) atoms. The molecule has 0 bridgehead atoms. The zero-order valence-corrected chi connectivity index (χ0v) is 12.5. The summed E-state index contributed by atoms with van der Waals surface area (Å²) < 4.78 is 6.20. The van der Waals surface area contributed by atoms with Gasteiger partial charge in [0.1, 0.15) is 5.75 Å². The number of aromatic hydroxyl groups is 1. The largest absolute Gasteiger partial charge is 0.506 e. The molecule has 0 saturated heterocycles. The van der Waals surface area contributed by atoms with Crippen LogP contribution in [0.5, 0.6) is 5.75 Å². The second kappa shape index (κ2) is 4.96. The number of rotatable bonds is 2. The van der Waals surface area contributed by atoms with Crippen LogP contribution in [0.15, 0.2) is 38.6 Å². The van der Waals surface area contributed by atoms with Crippen molar-refractivity contribution in [3.8, 4) is 27.9 Å². The average molecular weight is 358 g/mol. The number of phenolic OH excluding ortho intramolecular Hbond substituents is 1. The van der Waals surface area contributed by atoms with Crippen LogP contribution in [0.25, 0.3) is 22.2 Å². The molecule has 0 aliphatic rings. The van der Waals surface area contributed by atoms with E-state index in [4.69, 9.17) is 16.1 Å². The maximum Gasteiger partial charge on any atom is 0.258 e. The predicted octanol–water partition coefficient (Wildman–Crippen LogP) is 4.59.